The fourth-order valence-electron chi connectivity index (χ4n) is 1.82. The number of rotatable bonds is 4. The fraction of sp³-hybridized carbons (Fsp3) is 0.143. The molecule has 21 heavy (non-hydrogen) atoms. The summed E-state index contributed by atoms with van der Waals surface area (Å²) in [4.78, 5) is 14.4. The molecule has 0 aliphatic heterocycles. The highest BCUT2D eigenvalue weighted by molar-refractivity contribution is 5.95. The largest absolute Gasteiger partial charge is 0.439 e. The van der Waals surface area contributed by atoms with Gasteiger partial charge in [-0.25, -0.2) is 4.98 Å². The van der Waals surface area contributed by atoms with Crippen molar-refractivity contribution in [3.8, 4) is 11.6 Å². The molecular formula is C14H14N4O3. The molecule has 0 saturated carbocycles. The maximum absolute atomic E-state index is 10.7. The molecule has 0 amide bonds. The lowest BCUT2D eigenvalue weighted by molar-refractivity contribution is -0.384. The van der Waals surface area contributed by atoms with Crippen molar-refractivity contribution < 1.29 is 9.66 Å². The number of ether oxygens (including phenoxy) is 1. The average Bonchev–Trinajstić information content (AvgIpc) is 2.40. The van der Waals surface area contributed by atoms with Crippen molar-refractivity contribution in [2.75, 3.05) is 0 Å². The van der Waals surface area contributed by atoms with Crippen LogP contribution in [0.4, 0.5) is 5.69 Å². The molecule has 0 fully saturated rings. The van der Waals surface area contributed by atoms with Crippen LogP contribution in [0.1, 0.15) is 16.8 Å². The first-order valence-corrected chi connectivity index (χ1v) is 6.13. The minimum atomic E-state index is -0.463. The molecule has 0 unspecified atom stereocenters. The Labute approximate surface area is 121 Å². The summed E-state index contributed by atoms with van der Waals surface area (Å²) in [6.07, 6.45) is 0. The monoisotopic (exact) mass is 286 g/mol. The van der Waals surface area contributed by atoms with Gasteiger partial charge in [0.05, 0.1) is 4.92 Å². The number of hydrogen-bond acceptors (Lipinski definition) is 5. The zero-order chi connectivity index (χ0) is 15.6. The minimum Gasteiger partial charge on any atom is -0.439 e. The second kappa shape index (κ2) is 5.58. The van der Waals surface area contributed by atoms with E-state index in [4.69, 9.17) is 15.9 Å². The molecule has 0 radical (unpaired) electrons. The van der Waals surface area contributed by atoms with Crippen molar-refractivity contribution >= 4 is 11.5 Å². The lowest BCUT2D eigenvalue weighted by Crippen LogP contribution is -2.11. The zero-order valence-electron chi connectivity index (χ0n) is 11.6. The molecule has 2 rings (SSSR count). The maximum Gasteiger partial charge on any atom is 0.269 e. The Morgan fingerprint density at radius 2 is 2.05 bits per heavy atom. The van der Waals surface area contributed by atoms with Crippen LogP contribution in [-0.2, 0) is 0 Å². The number of nitrogen functional groups attached to an aromatic ring is 1. The Morgan fingerprint density at radius 3 is 2.62 bits per heavy atom. The van der Waals surface area contributed by atoms with Crippen LogP contribution in [0.2, 0.25) is 0 Å². The van der Waals surface area contributed by atoms with Crippen molar-refractivity contribution in [3.05, 3.63) is 57.3 Å². The van der Waals surface area contributed by atoms with E-state index < -0.39 is 4.92 Å². The zero-order valence-corrected chi connectivity index (χ0v) is 11.6. The third kappa shape index (κ3) is 3.33. The number of non-ortho nitro benzene ring substituents is 1. The highest BCUT2D eigenvalue weighted by atomic mass is 16.6. The van der Waals surface area contributed by atoms with Crippen LogP contribution in [0, 0.1) is 29.4 Å². The van der Waals surface area contributed by atoms with E-state index in [1.165, 1.54) is 18.2 Å². The van der Waals surface area contributed by atoms with Gasteiger partial charge in [0, 0.05) is 29.5 Å². The molecule has 1 aromatic heterocycles. The van der Waals surface area contributed by atoms with Crippen molar-refractivity contribution in [2.45, 2.75) is 13.8 Å². The van der Waals surface area contributed by atoms with Gasteiger partial charge in [0.2, 0.25) is 5.88 Å². The molecule has 0 aliphatic carbocycles. The number of nitrogens with two attached hydrogens (primary N) is 1. The molecule has 3 N–H and O–H groups in total. The molecule has 1 heterocycles. The molecular weight excluding hydrogens is 272 g/mol. The van der Waals surface area contributed by atoms with Crippen molar-refractivity contribution in [3.63, 3.8) is 0 Å². The molecule has 7 heteroatoms. The summed E-state index contributed by atoms with van der Waals surface area (Å²) in [5, 5.41) is 18.1. The van der Waals surface area contributed by atoms with Crippen molar-refractivity contribution in [1.82, 2.24) is 4.98 Å². The first kappa shape index (κ1) is 14.4. The summed E-state index contributed by atoms with van der Waals surface area (Å²) in [6, 6.07) is 7.54. The number of nitro benzene ring substituents is 1. The van der Waals surface area contributed by atoms with Crippen LogP contribution in [0.3, 0.4) is 0 Å². The number of aromatic nitrogens is 1. The predicted molar refractivity (Wildman–Crippen MR) is 77.9 cm³/mol. The van der Waals surface area contributed by atoms with Gasteiger partial charge >= 0.3 is 0 Å². The summed E-state index contributed by atoms with van der Waals surface area (Å²) >= 11 is 0. The van der Waals surface area contributed by atoms with E-state index in [-0.39, 0.29) is 17.4 Å². The molecule has 0 bridgehead atoms. The maximum atomic E-state index is 10.7. The van der Waals surface area contributed by atoms with E-state index in [1.807, 2.05) is 0 Å². The number of benzene rings is 1. The van der Waals surface area contributed by atoms with E-state index in [9.17, 15) is 10.1 Å². The first-order chi connectivity index (χ1) is 9.86. The number of pyridine rings is 1. The summed E-state index contributed by atoms with van der Waals surface area (Å²) in [5.74, 6) is 0.677. The van der Waals surface area contributed by atoms with Crippen molar-refractivity contribution in [2.24, 2.45) is 5.73 Å². The molecule has 0 saturated heterocycles. The lowest BCUT2D eigenvalue weighted by Gasteiger charge is -2.09. The minimum absolute atomic E-state index is 0.00137. The summed E-state index contributed by atoms with van der Waals surface area (Å²) in [5.41, 5.74) is 7.25. The van der Waals surface area contributed by atoms with Crippen LogP contribution in [0.15, 0.2) is 30.3 Å². The van der Waals surface area contributed by atoms with E-state index >= 15 is 0 Å². The van der Waals surface area contributed by atoms with Gasteiger partial charge in [-0.2, -0.15) is 0 Å². The highest BCUT2D eigenvalue weighted by Gasteiger charge is 2.11. The number of aryl methyl sites for hydroxylation is 2. The smallest absolute Gasteiger partial charge is 0.269 e. The summed E-state index contributed by atoms with van der Waals surface area (Å²) < 4.78 is 5.63. The number of nitro groups is 1. The lowest BCUT2D eigenvalue weighted by atomic mass is 10.2. The Morgan fingerprint density at radius 1 is 1.33 bits per heavy atom. The third-order valence-electron chi connectivity index (χ3n) is 2.82. The molecule has 0 spiro atoms. The topological polar surface area (TPSA) is 115 Å². The van der Waals surface area contributed by atoms with E-state index in [1.54, 1.807) is 26.0 Å². The molecule has 1 aromatic carbocycles. The molecule has 0 aliphatic rings. The Hall–Kier alpha value is -2.96. The fourth-order valence-corrected chi connectivity index (χ4v) is 1.82. The van der Waals surface area contributed by atoms with Gasteiger partial charge < -0.3 is 10.5 Å². The first-order valence-electron chi connectivity index (χ1n) is 6.13. The number of nitrogens with one attached hydrogen (secondary N) is 1. The molecule has 2 aromatic rings. The summed E-state index contributed by atoms with van der Waals surface area (Å²) in [7, 11) is 0. The number of amidine groups is 1. The Balaban J connectivity index is 2.34. The van der Waals surface area contributed by atoms with Gasteiger partial charge in [0.1, 0.15) is 11.6 Å². The Bertz CT molecular complexity index is 728. The molecule has 7 nitrogen and oxygen atoms in total. The van der Waals surface area contributed by atoms with Gasteiger partial charge in [-0.15, -0.1) is 0 Å². The van der Waals surface area contributed by atoms with Crippen LogP contribution in [-0.4, -0.2) is 15.7 Å². The number of nitrogens with zero attached hydrogens (tertiary/aromatic N) is 2. The van der Waals surface area contributed by atoms with Gasteiger partial charge in [-0.3, -0.25) is 15.5 Å². The van der Waals surface area contributed by atoms with Crippen LogP contribution in [0.5, 0.6) is 11.6 Å². The van der Waals surface area contributed by atoms with Crippen LogP contribution >= 0.6 is 0 Å². The standard InChI is InChI=1S/C14H14N4O3/c1-8-5-11(18(19)20)3-4-12(8)21-13-7-10(14(15)16)6-9(2)17-13/h3-7H,1-2H3,(H3,15,16). The second-order valence-corrected chi connectivity index (χ2v) is 4.56. The summed E-state index contributed by atoms with van der Waals surface area (Å²) in [6.45, 7) is 3.48. The van der Waals surface area contributed by atoms with Gasteiger partial charge in [-0.05, 0) is 31.5 Å². The van der Waals surface area contributed by atoms with E-state index in [0.717, 1.165) is 0 Å². The molecule has 108 valence electrons. The Kier molecular flexibility index (Phi) is 3.84. The van der Waals surface area contributed by atoms with Gasteiger partial charge in [0.15, 0.2) is 0 Å². The molecule has 0 atom stereocenters. The third-order valence-corrected chi connectivity index (χ3v) is 2.82. The van der Waals surface area contributed by atoms with Gasteiger partial charge in [0.25, 0.3) is 5.69 Å². The van der Waals surface area contributed by atoms with Crippen molar-refractivity contribution in [1.29, 1.82) is 5.41 Å². The average molecular weight is 286 g/mol. The van der Waals surface area contributed by atoms with Crippen LogP contribution < -0.4 is 10.5 Å². The quantitative estimate of drug-likeness (QED) is 0.388. The number of hydrogen-bond donors (Lipinski definition) is 2. The SMILES string of the molecule is Cc1cc(C(=N)N)cc(Oc2ccc([N+](=O)[O-])cc2C)n1. The predicted octanol–water partition coefficient (Wildman–Crippen LogP) is 2.68. The van der Waals surface area contributed by atoms with E-state index in [0.29, 0.717) is 22.6 Å². The highest BCUT2D eigenvalue weighted by Crippen LogP contribution is 2.27. The van der Waals surface area contributed by atoms with Gasteiger partial charge in [-0.1, -0.05) is 0 Å². The van der Waals surface area contributed by atoms with E-state index in [2.05, 4.69) is 4.98 Å². The van der Waals surface area contributed by atoms with Crippen LogP contribution in [0.25, 0.3) is 0 Å². The normalized spacial score (nSPS) is 10.2. The second-order valence-electron chi connectivity index (χ2n) is 4.56.